The Bertz CT molecular complexity index is 922. The van der Waals surface area contributed by atoms with E-state index in [1.807, 2.05) is 24.3 Å². The second kappa shape index (κ2) is 7.43. The lowest BCUT2D eigenvalue weighted by molar-refractivity contribution is -0.135. The maximum atomic E-state index is 12.0. The predicted molar refractivity (Wildman–Crippen MR) is 96.9 cm³/mol. The lowest BCUT2D eigenvalue weighted by atomic mass is 10.2. The molecule has 2 heterocycles. The number of pyridine rings is 1. The number of aromatic nitrogens is 3. The minimum absolute atomic E-state index is 0.00856. The highest BCUT2D eigenvalue weighted by Gasteiger charge is 2.22. The van der Waals surface area contributed by atoms with Crippen molar-refractivity contribution >= 4 is 34.3 Å². The van der Waals surface area contributed by atoms with Gasteiger partial charge in [0.05, 0.1) is 18.4 Å². The fraction of sp³-hybridized carbons (Fsp3) is 0.0588. The molecule has 126 valence electrons. The molecule has 3 aromatic rings. The van der Waals surface area contributed by atoms with Gasteiger partial charge >= 0.3 is 5.97 Å². The fourth-order valence-corrected chi connectivity index (χ4v) is 2.41. The third kappa shape index (κ3) is 3.85. The summed E-state index contributed by atoms with van der Waals surface area (Å²) in [5.74, 6) is -1.58. The summed E-state index contributed by atoms with van der Waals surface area (Å²) in [6, 6.07) is 12.4. The van der Waals surface area contributed by atoms with Gasteiger partial charge in [-0.15, -0.1) is 5.10 Å². The summed E-state index contributed by atoms with van der Waals surface area (Å²) >= 11 is 2.22. The lowest BCUT2D eigenvalue weighted by Gasteiger charge is -2.06. The lowest BCUT2D eigenvalue weighted by Crippen LogP contribution is -2.16. The van der Waals surface area contributed by atoms with Crippen molar-refractivity contribution in [2.75, 3.05) is 7.11 Å². The number of ketones is 1. The van der Waals surface area contributed by atoms with Crippen LogP contribution in [0.2, 0.25) is 0 Å². The molecule has 3 rings (SSSR count). The number of carbonyl (C=O) groups is 2. The third-order valence-corrected chi connectivity index (χ3v) is 3.96. The molecule has 2 aromatic heterocycles. The molecule has 0 aliphatic carbocycles. The van der Waals surface area contributed by atoms with Gasteiger partial charge in [-0.05, 0) is 59.0 Å². The molecule has 1 aromatic carbocycles. The van der Waals surface area contributed by atoms with Gasteiger partial charge in [0.25, 0.3) is 5.78 Å². The van der Waals surface area contributed by atoms with E-state index in [2.05, 4.69) is 37.4 Å². The topological polar surface area (TPSA) is 83.3 Å². The smallest absolute Gasteiger partial charge is 0.379 e. The first-order chi connectivity index (χ1) is 12.1. The molecule has 0 spiro atoms. The highest BCUT2D eigenvalue weighted by Crippen LogP contribution is 2.23. The van der Waals surface area contributed by atoms with Crippen molar-refractivity contribution in [3.05, 3.63) is 64.0 Å². The van der Waals surface area contributed by atoms with Crippen LogP contribution in [0.3, 0.4) is 0 Å². The summed E-state index contributed by atoms with van der Waals surface area (Å²) in [5, 5.41) is 4.30. The SMILES string of the molecule is COC(=O)C(=O)c1cccnc1Oc1ccn(-c2ccc(I)cc2)n1. The van der Waals surface area contributed by atoms with Gasteiger partial charge in [-0.1, -0.05) is 0 Å². The summed E-state index contributed by atoms with van der Waals surface area (Å²) in [5.41, 5.74) is 0.875. The number of esters is 1. The number of methoxy groups -OCH3 is 1. The van der Waals surface area contributed by atoms with E-state index in [1.165, 1.54) is 18.3 Å². The molecule has 0 N–H and O–H groups in total. The maximum absolute atomic E-state index is 12.0. The molecule has 0 atom stereocenters. The molecule has 7 nitrogen and oxygen atoms in total. The molecular weight excluding hydrogens is 437 g/mol. The minimum atomic E-state index is -0.984. The quantitative estimate of drug-likeness (QED) is 0.258. The first kappa shape index (κ1) is 17.1. The van der Waals surface area contributed by atoms with Crippen LogP contribution in [0.1, 0.15) is 10.4 Å². The highest BCUT2D eigenvalue weighted by molar-refractivity contribution is 14.1. The number of carbonyl (C=O) groups excluding carboxylic acids is 2. The van der Waals surface area contributed by atoms with Crippen LogP contribution in [0, 0.1) is 3.57 Å². The number of Topliss-reactive ketones (excluding diaryl/α,β-unsaturated/α-hetero) is 1. The molecule has 0 aliphatic heterocycles. The molecule has 0 saturated heterocycles. The summed E-state index contributed by atoms with van der Waals surface area (Å²) in [7, 11) is 1.14. The van der Waals surface area contributed by atoms with Crippen LogP contribution in [-0.2, 0) is 9.53 Å². The predicted octanol–water partition coefficient (Wildman–Crippen LogP) is 3.02. The summed E-state index contributed by atoms with van der Waals surface area (Å²) in [4.78, 5) is 27.5. The molecule has 8 heteroatoms. The van der Waals surface area contributed by atoms with Crippen molar-refractivity contribution in [1.82, 2.24) is 14.8 Å². The van der Waals surface area contributed by atoms with Gasteiger partial charge in [0, 0.05) is 22.0 Å². The van der Waals surface area contributed by atoms with Crippen molar-refractivity contribution < 1.29 is 19.1 Å². The van der Waals surface area contributed by atoms with Crippen LogP contribution in [-0.4, -0.2) is 33.6 Å². The molecule has 0 amide bonds. The number of benzene rings is 1. The van der Waals surface area contributed by atoms with Gasteiger partial charge in [0.1, 0.15) is 0 Å². The van der Waals surface area contributed by atoms with Gasteiger partial charge in [-0.2, -0.15) is 0 Å². The van der Waals surface area contributed by atoms with Crippen molar-refractivity contribution in [2.24, 2.45) is 0 Å². The number of halogens is 1. The zero-order valence-electron chi connectivity index (χ0n) is 13.0. The second-order valence-corrected chi connectivity index (χ2v) is 6.10. The largest absolute Gasteiger partial charge is 0.463 e. The monoisotopic (exact) mass is 449 g/mol. The van der Waals surface area contributed by atoms with E-state index < -0.39 is 11.8 Å². The number of nitrogens with zero attached hydrogens (tertiary/aromatic N) is 3. The van der Waals surface area contributed by atoms with Crippen LogP contribution in [0.25, 0.3) is 5.69 Å². The average molecular weight is 449 g/mol. The van der Waals surface area contributed by atoms with Gasteiger partial charge in [0.2, 0.25) is 11.8 Å². The van der Waals surface area contributed by atoms with Crippen LogP contribution in [0.4, 0.5) is 0 Å². The third-order valence-electron chi connectivity index (χ3n) is 3.24. The molecule has 0 unspecified atom stereocenters. The zero-order chi connectivity index (χ0) is 17.8. The number of hydrogen-bond donors (Lipinski definition) is 0. The standard InChI is InChI=1S/C17H12IN3O4/c1-24-17(23)15(22)13-3-2-9-19-16(13)25-14-8-10-21(20-14)12-6-4-11(18)5-7-12/h2-10H,1H3. The molecule has 0 fully saturated rings. The van der Waals surface area contributed by atoms with Crippen LogP contribution >= 0.6 is 22.6 Å². The fourth-order valence-electron chi connectivity index (χ4n) is 2.05. The Balaban J connectivity index is 1.85. The summed E-state index contributed by atoms with van der Waals surface area (Å²) < 4.78 is 12.8. The molecule has 0 bridgehead atoms. The molecular formula is C17H12IN3O4. The first-order valence-corrected chi connectivity index (χ1v) is 8.23. The molecule has 0 aliphatic rings. The van der Waals surface area contributed by atoms with Crippen molar-refractivity contribution in [3.63, 3.8) is 0 Å². The number of hydrogen-bond acceptors (Lipinski definition) is 6. The molecule has 0 saturated carbocycles. The Kier molecular flexibility index (Phi) is 5.08. The van der Waals surface area contributed by atoms with Crippen LogP contribution in [0.15, 0.2) is 54.9 Å². The number of rotatable bonds is 5. The summed E-state index contributed by atoms with van der Waals surface area (Å²) in [6.07, 6.45) is 3.18. The van der Waals surface area contributed by atoms with Crippen molar-refractivity contribution in [3.8, 4) is 17.4 Å². The Morgan fingerprint density at radius 3 is 2.60 bits per heavy atom. The second-order valence-electron chi connectivity index (χ2n) is 4.85. The molecule has 0 radical (unpaired) electrons. The van der Waals surface area contributed by atoms with Crippen molar-refractivity contribution in [2.45, 2.75) is 0 Å². The Labute approximate surface area is 156 Å². The van der Waals surface area contributed by atoms with E-state index in [4.69, 9.17) is 4.74 Å². The first-order valence-electron chi connectivity index (χ1n) is 7.15. The Morgan fingerprint density at radius 1 is 1.12 bits per heavy atom. The van der Waals surface area contributed by atoms with E-state index in [9.17, 15) is 9.59 Å². The number of ether oxygens (including phenoxy) is 2. The van der Waals surface area contributed by atoms with Crippen LogP contribution in [0.5, 0.6) is 11.8 Å². The zero-order valence-corrected chi connectivity index (χ0v) is 15.2. The van der Waals surface area contributed by atoms with Crippen LogP contribution < -0.4 is 4.74 Å². The van der Waals surface area contributed by atoms with Gasteiger partial charge in [0.15, 0.2) is 0 Å². The van der Waals surface area contributed by atoms with E-state index in [0.717, 1.165) is 16.4 Å². The Morgan fingerprint density at radius 2 is 1.88 bits per heavy atom. The summed E-state index contributed by atoms with van der Waals surface area (Å²) in [6.45, 7) is 0. The van der Waals surface area contributed by atoms with E-state index in [-0.39, 0.29) is 17.3 Å². The maximum Gasteiger partial charge on any atom is 0.379 e. The van der Waals surface area contributed by atoms with Gasteiger partial charge in [-0.3, -0.25) is 4.79 Å². The van der Waals surface area contributed by atoms with Gasteiger partial charge < -0.3 is 9.47 Å². The molecule has 25 heavy (non-hydrogen) atoms. The van der Waals surface area contributed by atoms with Crippen molar-refractivity contribution in [1.29, 1.82) is 0 Å². The minimum Gasteiger partial charge on any atom is -0.463 e. The van der Waals surface area contributed by atoms with E-state index in [0.29, 0.717) is 0 Å². The highest BCUT2D eigenvalue weighted by atomic mass is 127. The van der Waals surface area contributed by atoms with E-state index >= 15 is 0 Å². The van der Waals surface area contributed by atoms with Gasteiger partial charge in [-0.25, -0.2) is 14.5 Å². The Hall–Kier alpha value is -2.75. The normalized spacial score (nSPS) is 10.3. The van der Waals surface area contributed by atoms with E-state index in [1.54, 1.807) is 16.9 Å². The average Bonchev–Trinajstić information content (AvgIpc) is 3.10.